The van der Waals surface area contributed by atoms with E-state index in [0.29, 0.717) is 6.42 Å². The molecule has 1 fully saturated rings. The van der Waals surface area contributed by atoms with Gasteiger partial charge in [0.25, 0.3) is 0 Å². The van der Waals surface area contributed by atoms with E-state index in [4.69, 9.17) is 0 Å². The number of hydrogen-bond donors (Lipinski definition) is 1. The molecule has 2 rings (SSSR count). The molecular formula is C18H25NO. The summed E-state index contributed by atoms with van der Waals surface area (Å²) in [5, 5.41) is 2.99. The van der Waals surface area contributed by atoms with E-state index in [1.807, 2.05) is 6.08 Å². The Bertz CT molecular complexity index is 431. The van der Waals surface area contributed by atoms with Crippen molar-refractivity contribution in [3.63, 3.8) is 0 Å². The van der Waals surface area contributed by atoms with Gasteiger partial charge in [0.1, 0.15) is 0 Å². The van der Waals surface area contributed by atoms with Crippen molar-refractivity contribution in [2.75, 3.05) is 6.54 Å². The number of amides is 1. The van der Waals surface area contributed by atoms with Crippen LogP contribution in [0.3, 0.4) is 0 Å². The van der Waals surface area contributed by atoms with Crippen molar-refractivity contribution >= 4 is 5.91 Å². The fourth-order valence-corrected chi connectivity index (χ4v) is 2.63. The molecule has 0 aromatic carbocycles. The number of nitrogens with one attached hydrogen (secondary N) is 1. The van der Waals surface area contributed by atoms with Crippen molar-refractivity contribution in [2.24, 2.45) is 11.8 Å². The number of allylic oxidation sites excluding steroid dienone is 6. The molecule has 20 heavy (non-hydrogen) atoms. The fourth-order valence-electron chi connectivity index (χ4n) is 2.63. The van der Waals surface area contributed by atoms with E-state index in [1.54, 1.807) is 0 Å². The Morgan fingerprint density at radius 2 is 2.40 bits per heavy atom. The van der Waals surface area contributed by atoms with Crippen LogP contribution in [0.25, 0.3) is 0 Å². The van der Waals surface area contributed by atoms with E-state index < -0.39 is 0 Å². The van der Waals surface area contributed by atoms with Crippen molar-refractivity contribution in [3.8, 4) is 0 Å². The molecule has 2 nitrogen and oxygen atoms in total. The predicted octanol–water partition coefficient (Wildman–Crippen LogP) is 3.93. The Morgan fingerprint density at radius 1 is 1.50 bits per heavy atom. The summed E-state index contributed by atoms with van der Waals surface area (Å²) in [4.78, 5) is 11.7. The van der Waals surface area contributed by atoms with Gasteiger partial charge >= 0.3 is 0 Å². The van der Waals surface area contributed by atoms with Crippen molar-refractivity contribution in [2.45, 2.75) is 38.5 Å². The van der Waals surface area contributed by atoms with Crippen LogP contribution in [-0.4, -0.2) is 12.5 Å². The lowest BCUT2D eigenvalue weighted by Crippen LogP contribution is -2.23. The van der Waals surface area contributed by atoms with E-state index >= 15 is 0 Å². The van der Waals surface area contributed by atoms with Gasteiger partial charge in [-0.3, -0.25) is 4.79 Å². The van der Waals surface area contributed by atoms with E-state index in [0.717, 1.165) is 37.6 Å². The van der Waals surface area contributed by atoms with E-state index in [2.05, 4.69) is 42.3 Å². The average Bonchev–Trinajstić information content (AvgIpc) is 3.23. The van der Waals surface area contributed by atoms with Gasteiger partial charge in [-0.15, -0.1) is 6.58 Å². The first kappa shape index (κ1) is 14.8. The number of carbonyl (C=O) groups is 1. The van der Waals surface area contributed by atoms with Crippen LogP contribution in [0, 0.1) is 11.8 Å². The van der Waals surface area contributed by atoms with Crippen LogP contribution in [0.15, 0.2) is 48.6 Å². The number of hydrogen-bond acceptors (Lipinski definition) is 1. The molecule has 0 radical (unpaired) electrons. The van der Waals surface area contributed by atoms with Crippen LogP contribution in [0.1, 0.15) is 38.5 Å². The van der Waals surface area contributed by atoms with Crippen LogP contribution >= 0.6 is 0 Å². The fraction of sp³-hybridized carbons (Fsp3) is 0.500. The molecule has 0 spiro atoms. The number of carbonyl (C=O) groups excluding carboxylic acids is 1. The largest absolute Gasteiger partial charge is 0.356 e. The number of rotatable bonds is 8. The molecule has 2 atom stereocenters. The lowest BCUT2D eigenvalue weighted by Gasteiger charge is -2.04. The monoisotopic (exact) mass is 271 g/mol. The van der Waals surface area contributed by atoms with Crippen LogP contribution < -0.4 is 5.32 Å². The minimum Gasteiger partial charge on any atom is -0.356 e. The molecule has 2 aliphatic rings. The van der Waals surface area contributed by atoms with Crippen LogP contribution in [0.5, 0.6) is 0 Å². The normalized spacial score (nSPS) is 24.5. The maximum atomic E-state index is 11.7. The van der Waals surface area contributed by atoms with Gasteiger partial charge in [0.15, 0.2) is 0 Å². The molecule has 0 unspecified atom stereocenters. The van der Waals surface area contributed by atoms with Crippen molar-refractivity contribution < 1.29 is 4.79 Å². The van der Waals surface area contributed by atoms with Gasteiger partial charge in [-0.25, -0.2) is 0 Å². The third-order valence-corrected chi connectivity index (χ3v) is 4.04. The molecule has 0 saturated heterocycles. The lowest BCUT2D eigenvalue weighted by molar-refractivity contribution is -0.120. The first-order chi connectivity index (χ1) is 9.79. The molecule has 0 aromatic rings. The highest BCUT2D eigenvalue weighted by atomic mass is 16.1. The first-order valence-corrected chi connectivity index (χ1v) is 7.71. The van der Waals surface area contributed by atoms with Gasteiger partial charge in [0, 0.05) is 13.0 Å². The van der Waals surface area contributed by atoms with Gasteiger partial charge in [-0.05, 0) is 49.5 Å². The third kappa shape index (κ3) is 5.20. The molecular weight excluding hydrogens is 246 g/mol. The predicted molar refractivity (Wildman–Crippen MR) is 84.3 cm³/mol. The topological polar surface area (TPSA) is 29.1 Å². The van der Waals surface area contributed by atoms with E-state index in [1.165, 1.54) is 18.4 Å². The van der Waals surface area contributed by atoms with Gasteiger partial charge in [0.05, 0.1) is 0 Å². The van der Waals surface area contributed by atoms with Crippen molar-refractivity contribution in [3.05, 3.63) is 48.6 Å². The lowest BCUT2D eigenvalue weighted by atomic mass is 10.0. The van der Waals surface area contributed by atoms with Crippen LogP contribution in [0.2, 0.25) is 0 Å². The van der Waals surface area contributed by atoms with Gasteiger partial charge in [-0.2, -0.15) is 0 Å². The summed E-state index contributed by atoms with van der Waals surface area (Å²) in [5.74, 6) is 1.70. The van der Waals surface area contributed by atoms with Crippen LogP contribution in [-0.2, 0) is 4.79 Å². The zero-order valence-electron chi connectivity index (χ0n) is 12.2. The van der Waals surface area contributed by atoms with Crippen molar-refractivity contribution in [1.82, 2.24) is 5.32 Å². The summed E-state index contributed by atoms with van der Waals surface area (Å²) in [7, 11) is 0. The summed E-state index contributed by atoms with van der Waals surface area (Å²) in [6, 6.07) is 0. The van der Waals surface area contributed by atoms with Gasteiger partial charge < -0.3 is 5.32 Å². The molecule has 0 heterocycles. The highest BCUT2D eigenvalue weighted by Gasteiger charge is 2.32. The smallest absolute Gasteiger partial charge is 0.223 e. The molecule has 0 aliphatic heterocycles. The summed E-state index contributed by atoms with van der Waals surface area (Å²) >= 11 is 0. The van der Waals surface area contributed by atoms with Gasteiger partial charge in [-0.1, -0.05) is 36.5 Å². The summed E-state index contributed by atoms with van der Waals surface area (Å²) in [5.41, 5.74) is 1.31. The van der Waals surface area contributed by atoms with Crippen molar-refractivity contribution in [1.29, 1.82) is 0 Å². The zero-order valence-corrected chi connectivity index (χ0v) is 12.2. The average molecular weight is 271 g/mol. The molecule has 1 saturated carbocycles. The molecule has 0 bridgehead atoms. The summed E-state index contributed by atoms with van der Waals surface area (Å²) in [6.07, 6.45) is 18.7. The quantitative estimate of drug-likeness (QED) is 0.526. The maximum Gasteiger partial charge on any atom is 0.223 e. The second-order valence-electron chi connectivity index (χ2n) is 5.70. The summed E-state index contributed by atoms with van der Waals surface area (Å²) in [6.45, 7) is 4.62. The molecule has 1 amide bonds. The molecule has 108 valence electrons. The van der Waals surface area contributed by atoms with Crippen LogP contribution in [0.4, 0.5) is 0 Å². The van der Waals surface area contributed by atoms with Gasteiger partial charge in [0.2, 0.25) is 5.91 Å². The summed E-state index contributed by atoms with van der Waals surface area (Å²) < 4.78 is 0. The van der Waals surface area contributed by atoms with E-state index in [9.17, 15) is 4.79 Å². The zero-order chi connectivity index (χ0) is 14.2. The standard InChI is InChI=1S/C18H25NO/c1-2-16-14-17(16)11-7-13-19-18(20)12-6-10-15-8-4-3-5-9-15/h2-4,6,8,10,16-17H,1,5,7,9,11-14H2,(H,19,20)/b10-6+/t16-,17+/m1/s1. The minimum atomic E-state index is 0.129. The molecule has 0 aromatic heterocycles. The third-order valence-electron chi connectivity index (χ3n) is 4.04. The Labute approximate surface area is 122 Å². The second kappa shape index (κ2) is 7.88. The highest BCUT2D eigenvalue weighted by Crippen LogP contribution is 2.42. The van der Waals surface area contributed by atoms with E-state index in [-0.39, 0.29) is 5.91 Å². The Hall–Kier alpha value is -1.57. The second-order valence-corrected chi connectivity index (χ2v) is 5.70. The first-order valence-electron chi connectivity index (χ1n) is 7.71. The minimum absolute atomic E-state index is 0.129. The SMILES string of the molecule is C=C[C@@H]1C[C@@H]1CCCNC(=O)C/C=C/C1=CC=CCC1. The Kier molecular flexibility index (Phi) is 5.85. The Balaban J connectivity index is 1.52. The maximum absolute atomic E-state index is 11.7. The highest BCUT2D eigenvalue weighted by molar-refractivity contribution is 5.77. The molecule has 1 N–H and O–H groups in total. The Morgan fingerprint density at radius 3 is 3.10 bits per heavy atom. The molecule has 2 heteroatoms. The molecule has 2 aliphatic carbocycles.